The number of amides is 2. The molecule has 6 nitrogen and oxygen atoms in total. The number of ether oxygens (including phenoxy) is 1. The van der Waals surface area contributed by atoms with Gasteiger partial charge in [-0.25, -0.2) is 4.79 Å². The molecule has 0 aliphatic rings. The van der Waals surface area contributed by atoms with Crippen molar-refractivity contribution in [3.8, 4) is 5.75 Å². The van der Waals surface area contributed by atoms with Gasteiger partial charge in [0, 0.05) is 36.6 Å². The molecule has 0 radical (unpaired) electrons. The fourth-order valence-corrected chi connectivity index (χ4v) is 2.12. The van der Waals surface area contributed by atoms with Gasteiger partial charge in [-0.05, 0) is 26.0 Å². The molecule has 0 saturated heterocycles. The Labute approximate surface area is 124 Å². The molecule has 2 amide bonds. The molecule has 0 atom stereocenters. The Balaban J connectivity index is 1.96. The Hall–Kier alpha value is -2.50. The molecule has 0 bridgehead atoms. The van der Waals surface area contributed by atoms with E-state index in [2.05, 4.69) is 15.7 Å². The molecular weight excluding hydrogens is 268 g/mol. The van der Waals surface area contributed by atoms with Crippen LogP contribution in [0.5, 0.6) is 5.75 Å². The fraction of sp³-hybridized carbons (Fsp3) is 0.333. The van der Waals surface area contributed by atoms with Gasteiger partial charge in [0.1, 0.15) is 5.75 Å². The highest BCUT2D eigenvalue weighted by Crippen LogP contribution is 2.16. The van der Waals surface area contributed by atoms with E-state index in [1.54, 1.807) is 13.2 Å². The zero-order valence-electron chi connectivity index (χ0n) is 12.7. The number of hydrogen-bond donors (Lipinski definition) is 2. The van der Waals surface area contributed by atoms with Crippen molar-refractivity contribution in [2.24, 2.45) is 7.05 Å². The van der Waals surface area contributed by atoms with Gasteiger partial charge in [0.15, 0.2) is 0 Å². The third kappa shape index (κ3) is 3.53. The van der Waals surface area contributed by atoms with E-state index in [4.69, 9.17) is 4.74 Å². The lowest BCUT2D eigenvalue weighted by Crippen LogP contribution is -2.28. The van der Waals surface area contributed by atoms with E-state index >= 15 is 0 Å². The SMILES string of the molecule is COc1cccc(NC(=O)NCc2c(C)nn(C)c2C)c1. The van der Waals surface area contributed by atoms with Crippen molar-refractivity contribution < 1.29 is 9.53 Å². The fourth-order valence-electron chi connectivity index (χ4n) is 2.12. The molecule has 0 unspecified atom stereocenters. The summed E-state index contributed by atoms with van der Waals surface area (Å²) in [5.41, 5.74) is 3.70. The molecule has 2 N–H and O–H groups in total. The molecular formula is C15H20N4O2. The highest BCUT2D eigenvalue weighted by molar-refractivity contribution is 5.89. The number of nitrogens with zero attached hydrogens (tertiary/aromatic N) is 2. The lowest BCUT2D eigenvalue weighted by atomic mass is 10.2. The van der Waals surface area contributed by atoms with E-state index in [-0.39, 0.29) is 6.03 Å². The van der Waals surface area contributed by atoms with Crippen LogP contribution in [0.4, 0.5) is 10.5 Å². The maximum absolute atomic E-state index is 11.9. The zero-order chi connectivity index (χ0) is 15.4. The predicted octanol–water partition coefficient (Wildman–Crippen LogP) is 2.37. The summed E-state index contributed by atoms with van der Waals surface area (Å²) in [6.45, 7) is 4.36. The number of methoxy groups -OCH3 is 1. The highest BCUT2D eigenvalue weighted by atomic mass is 16.5. The molecule has 1 heterocycles. The maximum Gasteiger partial charge on any atom is 0.319 e. The molecule has 2 aromatic rings. The van der Waals surface area contributed by atoms with E-state index in [9.17, 15) is 4.79 Å². The molecule has 0 saturated carbocycles. The average molecular weight is 288 g/mol. The first-order valence-corrected chi connectivity index (χ1v) is 6.69. The molecule has 1 aromatic heterocycles. The monoisotopic (exact) mass is 288 g/mol. The van der Waals surface area contributed by atoms with E-state index in [0.29, 0.717) is 18.0 Å². The van der Waals surface area contributed by atoms with Crippen molar-refractivity contribution in [3.05, 3.63) is 41.2 Å². The zero-order valence-corrected chi connectivity index (χ0v) is 12.7. The van der Waals surface area contributed by atoms with Gasteiger partial charge in [-0.2, -0.15) is 5.10 Å². The van der Waals surface area contributed by atoms with Gasteiger partial charge in [0.05, 0.1) is 12.8 Å². The van der Waals surface area contributed by atoms with Crippen LogP contribution >= 0.6 is 0 Å². The summed E-state index contributed by atoms with van der Waals surface area (Å²) in [7, 11) is 3.48. The molecule has 1 aromatic carbocycles. The minimum absolute atomic E-state index is 0.258. The number of carbonyl (C=O) groups is 1. The van der Waals surface area contributed by atoms with Crippen molar-refractivity contribution >= 4 is 11.7 Å². The Morgan fingerprint density at radius 1 is 1.38 bits per heavy atom. The Bertz CT molecular complexity index is 649. The summed E-state index contributed by atoms with van der Waals surface area (Å²) in [4.78, 5) is 11.9. The van der Waals surface area contributed by atoms with Crippen molar-refractivity contribution in [1.29, 1.82) is 0 Å². The Kier molecular flexibility index (Phi) is 4.47. The molecule has 0 fully saturated rings. The van der Waals surface area contributed by atoms with Crippen LogP contribution in [0.15, 0.2) is 24.3 Å². The maximum atomic E-state index is 11.9. The highest BCUT2D eigenvalue weighted by Gasteiger charge is 2.10. The van der Waals surface area contributed by atoms with Gasteiger partial charge in [-0.1, -0.05) is 6.07 Å². The molecule has 0 aliphatic carbocycles. The number of aryl methyl sites for hydroxylation is 2. The quantitative estimate of drug-likeness (QED) is 0.907. The van der Waals surface area contributed by atoms with Crippen LogP contribution in [0.25, 0.3) is 0 Å². The summed E-state index contributed by atoms with van der Waals surface area (Å²) in [6.07, 6.45) is 0. The molecule has 6 heteroatoms. The van der Waals surface area contributed by atoms with Crippen LogP contribution in [0, 0.1) is 13.8 Å². The average Bonchev–Trinajstić information content (AvgIpc) is 2.70. The Morgan fingerprint density at radius 3 is 2.76 bits per heavy atom. The van der Waals surface area contributed by atoms with E-state index in [1.807, 2.05) is 43.8 Å². The number of nitrogens with one attached hydrogen (secondary N) is 2. The minimum atomic E-state index is -0.258. The lowest BCUT2D eigenvalue weighted by Gasteiger charge is -2.09. The summed E-state index contributed by atoms with van der Waals surface area (Å²) < 4.78 is 6.93. The van der Waals surface area contributed by atoms with Crippen LogP contribution in [-0.2, 0) is 13.6 Å². The molecule has 0 aliphatic heterocycles. The van der Waals surface area contributed by atoms with Crippen LogP contribution in [-0.4, -0.2) is 22.9 Å². The van der Waals surface area contributed by atoms with Crippen LogP contribution in [0.2, 0.25) is 0 Å². The summed E-state index contributed by atoms with van der Waals surface area (Å²) in [5, 5.41) is 9.93. The number of benzene rings is 1. The smallest absolute Gasteiger partial charge is 0.319 e. The lowest BCUT2D eigenvalue weighted by molar-refractivity contribution is 0.251. The third-order valence-electron chi connectivity index (χ3n) is 3.41. The number of anilines is 1. The van der Waals surface area contributed by atoms with Crippen molar-refractivity contribution in [3.63, 3.8) is 0 Å². The first-order valence-electron chi connectivity index (χ1n) is 6.69. The summed E-state index contributed by atoms with van der Waals surface area (Å²) in [6, 6.07) is 6.96. The van der Waals surface area contributed by atoms with E-state index < -0.39 is 0 Å². The van der Waals surface area contributed by atoms with E-state index in [1.165, 1.54) is 0 Å². The second kappa shape index (κ2) is 6.30. The first kappa shape index (κ1) is 14.9. The van der Waals surface area contributed by atoms with Gasteiger partial charge >= 0.3 is 6.03 Å². The standard InChI is InChI=1S/C15H20N4O2/c1-10-14(11(2)19(3)18-10)9-16-15(20)17-12-6-5-7-13(8-12)21-4/h5-8H,9H2,1-4H3,(H2,16,17,20). The number of urea groups is 1. The van der Waals surface area contributed by atoms with E-state index in [0.717, 1.165) is 17.0 Å². The number of aromatic nitrogens is 2. The first-order chi connectivity index (χ1) is 10.0. The van der Waals surface area contributed by atoms with Gasteiger partial charge in [0.2, 0.25) is 0 Å². The van der Waals surface area contributed by atoms with Gasteiger partial charge < -0.3 is 15.4 Å². The minimum Gasteiger partial charge on any atom is -0.497 e. The molecule has 2 rings (SSSR count). The predicted molar refractivity (Wildman–Crippen MR) is 81.5 cm³/mol. The summed E-state index contributed by atoms with van der Waals surface area (Å²) in [5.74, 6) is 0.701. The van der Waals surface area contributed by atoms with Crippen LogP contribution < -0.4 is 15.4 Å². The van der Waals surface area contributed by atoms with Crippen molar-refractivity contribution in [2.45, 2.75) is 20.4 Å². The molecule has 0 spiro atoms. The third-order valence-corrected chi connectivity index (χ3v) is 3.41. The van der Waals surface area contributed by atoms with Crippen molar-refractivity contribution in [2.75, 3.05) is 12.4 Å². The van der Waals surface area contributed by atoms with Crippen LogP contribution in [0.1, 0.15) is 17.0 Å². The topological polar surface area (TPSA) is 68.2 Å². The Morgan fingerprint density at radius 2 is 2.14 bits per heavy atom. The van der Waals surface area contributed by atoms with Crippen molar-refractivity contribution in [1.82, 2.24) is 15.1 Å². The van der Waals surface area contributed by atoms with Gasteiger partial charge in [-0.15, -0.1) is 0 Å². The number of carbonyl (C=O) groups excluding carboxylic acids is 1. The second-order valence-corrected chi connectivity index (χ2v) is 4.81. The second-order valence-electron chi connectivity index (χ2n) is 4.81. The van der Waals surface area contributed by atoms with Gasteiger partial charge in [0.25, 0.3) is 0 Å². The summed E-state index contributed by atoms with van der Waals surface area (Å²) >= 11 is 0. The van der Waals surface area contributed by atoms with Crippen LogP contribution in [0.3, 0.4) is 0 Å². The van der Waals surface area contributed by atoms with Gasteiger partial charge in [-0.3, -0.25) is 4.68 Å². The number of hydrogen-bond acceptors (Lipinski definition) is 3. The molecule has 21 heavy (non-hydrogen) atoms. The number of rotatable bonds is 4. The largest absolute Gasteiger partial charge is 0.497 e. The normalized spacial score (nSPS) is 10.3. The molecule has 112 valence electrons.